The van der Waals surface area contributed by atoms with Crippen LogP contribution in [0, 0.1) is 5.41 Å². The van der Waals surface area contributed by atoms with Gasteiger partial charge in [0.2, 0.25) is 5.91 Å². The predicted molar refractivity (Wildman–Crippen MR) is 196 cm³/mol. The third-order valence-corrected chi connectivity index (χ3v) is 7.39. The van der Waals surface area contributed by atoms with Gasteiger partial charge in [0.05, 0.1) is 0 Å². The molecule has 0 spiro atoms. The molecule has 3 aromatic rings. The number of methoxy groups -OCH3 is 1. The minimum Gasteiger partial charge on any atom is -0.398 e. The molecule has 2 heterocycles. The first-order valence-corrected chi connectivity index (χ1v) is 16.3. The Bertz CT molecular complexity index is 1420. The van der Waals surface area contributed by atoms with Crippen molar-refractivity contribution >= 4 is 53.6 Å². The number of aldehydes is 1. The van der Waals surface area contributed by atoms with E-state index in [9.17, 15) is 9.59 Å². The number of rotatable bonds is 13. The van der Waals surface area contributed by atoms with Crippen molar-refractivity contribution in [2.24, 2.45) is 4.99 Å². The van der Waals surface area contributed by atoms with Crippen LogP contribution in [0.15, 0.2) is 59.9 Å². The SMILES string of the molecule is CC.CN=C(Nc1ccc(N2CCN(C(=O)CCCCCCC=O)CC2)cc1)c1nccn1/C=C/c1ccc(C=N)c(N)c1.COC. The summed E-state index contributed by atoms with van der Waals surface area (Å²) in [5.41, 5.74) is 10.2. The Morgan fingerprint density at radius 2 is 1.72 bits per heavy atom. The van der Waals surface area contributed by atoms with Crippen LogP contribution in [0.5, 0.6) is 0 Å². The number of hydrogen-bond donors (Lipinski definition) is 3. The average molecular weight is 645 g/mol. The van der Waals surface area contributed by atoms with Crippen LogP contribution in [-0.2, 0) is 14.3 Å². The molecule has 11 nitrogen and oxygen atoms in total. The van der Waals surface area contributed by atoms with Gasteiger partial charge in [-0.1, -0.05) is 38.8 Å². The predicted octanol–water partition coefficient (Wildman–Crippen LogP) is 6.06. The number of hydrogen-bond acceptors (Lipinski definition) is 8. The summed E-state index contributed by atoms with van der Waals surface area (Å²) in [5, 5.41) is 10.8. The van der Waals surface area contributed by atoms with E-state index < -0.39 is 0 Å². The molecule has 1 aliphatic rings. The number of carbonyl (C=O) groups is 2. The fourth-order valence-electron chi connectivity index (χ4n) is 4.95. The van der Waals surface area contributed by atoms with Gasteiger partial charge in [-0.2, -0.15) is 0 Å². The maximum absolute atomic E-state index is 12.6. The summed E-state index contributed by atoms with van der Waals surface area (Å²) in [6.07, 6.45) is 14.6. The molecular weight excluding hydrogens is 592 g/mol. The van der Waals surface area contributed by atoms with E-state index in [1.54, 1.807) is 27.5 Å². The van der Waals surface area contributed by atoms with Crippen molar-refractivity contribution in [1.82, 2.24) is 14.5 Å². The van der Waals surface area contributed by atoms with Gasteiger partial charge in [0.15, 0.2) is 11.7 Å². The lowest BCUT2D eigenvalue weighted by Gasteiger charge is -2.36. The molecule has 11 heteroatoms. The Morgan fingerprint density at radius 1 is 1.04 bits per heavy atom. The number of carbonyl (C=O) groups excluding carboxylic acids is 2. The van der Waals surface area contributed by atoms with Gasteiger partial charge < -0.3 is 40.4 Å². The molecule has 1 aliphatic heterocycles. The maximum Gasteiger partial charge on any atom is 0.222 e. The third kappa shape index (κ3) is 12.5. The molecule has 0 radical (unpaired) electrons. The number of nitrogen functional groups attached to an aromatic ring is 1. The van der Waals surface area contributed by atoms with Crippen molar-refractivity contribution in [1.29, 1.82) is 5.41 Å². The number of nitrogens with one attached hydrogen (secondary N) is 2. The second-order valence-corrected chi connectivity index (χ2v) is 10.6. The molecule has 1 saturated heterocycles. The number of amidine groups is 1. The Labute approximate surface area is 280 Å². The van der Waals surface area contributed by atoms with Crippen molar-refractivity contribution in [3.8, 4) is 0 Å². The zero-order valence-electron chi connectivity index (χ0n) is 28.6. The lowest BCUT2D eigenvalue weighted by atomic mass is 10.1. The quantitative estimate of drug-likeness (QED) is 0.0676. The highest BCUT2D eigenvalue weighted by Gasteiger charge is 2.21. The summed E-state index contributed by atoms with van der Waals surface area (Å²) in [4.78, 5) is 36.2. The number of anilines is 3. The highest BCUT2D eigenvalue weighted by atomic mass is 16.4. The maximum atomic E-state index is 12.6. The van der Waals surface area contributed by atoms with E-state index in [0.29, 0.717) is 35.8 Å². The number of unbranched alkanes of at least 4 members (excludes halogenated alkanes) is 4. The summed E-state index contributed by atoms with van der Waals surface area (Å²) < 4.78 is 6.14. The van der Waals surface area contributed by atoms with Crippen LogP contribution < -0.4 is 16.0 Å². The standard InChI is InChI=1S/C32H40N8O2.C2H6O.C2H6/c1-35-31(32-36-15-17-40(32)16-14-25-8-9-26(24-33)29(34)23-25)37-27-10-12-28(13-11-27)38-18-20-39(21-19-38)30(42)7-5-3-2-4-6-22-41;1-3-2;1-2/h8-17,22-24,33H,2-7,18-21,34H2,1H3,(H,35,37);1-2H3;1-2H3/b16-14+,33-24?;;. The molecule has 1 amide bonds. The van der Waals surface area contributed by atoms with Gasteiger partial charge in [0.1, 0.15) is 6.29 Å². The van der Waals surface area contributed by atoms with E-state index in [1.807, 2.05) is 72.1 Å². The van der Waals surface area contributed by atoms with Crippen LogP contribution in [0.3, 0.4) is 0 Å². The molecule has 2 aromatic carbocycles. The second kappa shape index (κ2) is 21.9. The van der Waals surface area contributed by atoms with Crippen LogP contribution in [-0.4, -0.2) is 86.1 Å². The first-order valence-electron chi connectivity index (χ1n) is 16.3. The van der Waals surface area contributed by atoms with Crippen LogP contribution >= 0.6 is 0 Å². The van der Waals surface area contributed by atoms with Gasteiger partial charge in [-0.3, -0.25) is 9.79 Å². The molecule has 1 fully saturated rings. The van der Waals surface area contributed by atoms with Gasteiger partial charge >= 0.3 is 0 Å². The topological polar surface area (TPSA) is 142 Å². The average Bonchev–Trinajstić information content (AvgIpc) is 3.58. The van der Waals surface area contributed by atoms with Crippen LogP contribution in [0.25, 0.3) is 12.3 Å². The molecule has 0 bridgehead atoms. The Balaban J connectivity index is 0.00000145. The zero-order chi connectivity index (χ0) is 34.4. The second-order valence-electron chi connectivity index (χ2n) is 10.6. The number of imidazole rings is 1. The van der Waals surface area contributed by atoms with Crippen molar-refractivity contribution < 1.29 is 14.3 Å². The molecule has 0 atom stereocenters. The van der Waals surface area contributed by atoms with E-state index in [1.165, 1.54) is 6.21 Å². The molecule has 0 saturated carbocycles. The number of nitrogens with zero attached hydrogens (tertiary/aromatic N) is 5. The highest BCUT2D eigenvalue weighted by Crippen LogP contribution is 2.21. The number of benzene rings is 2. The van der Waals surface area contributed by atoms with Gasteiger partial charge in [0.25, 0.3) is 0 Å². The molecule has 1 aromatic heterocycles. The lowest BCUT2D eigenvalue weighted by Crippen LogP contribution is -2.48. The molecular formula is C36H52N8O3. The smallest absolute Gasteiger partial charge is 0.222 e. The lowest BCUT2D eigenvalue weighted by molar-refractivity contribution is -0.131. The Hall–Kier alpha value is -4.77. The van der Waals surface area contributed by atoms with E-state index in [2.05, 4.69) is 37.1 Å². The van der Waals surface area contributed by atoms with Crippen LogP contribution in [0.1, 0.15) is 69.3 Å². The molecule has 47 heavy (non-hydrogen) atoms. The normalized spacial score (nSPS) is 12.9. The number of aliphatic imine (C=N–C) groups is 1. The summed E-state index contributed by atoms with van der Waals surface area (Å²) in [5.74, 6) is 1.53. The number of piperazine rings is 1. The first-order chi connectivity index (χ1) is 22.9. The summed E-state index contributed by atoms with van der Waals surface area (Å²) >= 11 is 0. The Kier molecular flexibility index (Phi) is 17.9. The largest absolute Gasteiger partial charge is 0.398 e. The van der Waals surface area contributed by atoms with Gasteiger partial charge in [0, 0.05) is 108 Å². The number of aromatic nitrogens is 2. The highest BCUT2D eigenvalue weighted by molar-refractivity contribution is 6.06. The molecule has 254 valence electrons. The van der Waals surface area contributed by atoms with Crippen molar-refractivity contribution in [3.63, 3.8) is 0 Å². The van der Waals surface area contributed by atoms with Gasteiger partial charge in [-0.25, -0.2) is 4.98 Å². The number of nitrogens with two attached hydrogens (primary N) is 1. The monoisotopic (exact) mass is 644 g/mol. The number of ether oxygens (including phenoxy) is 1. The van der Waals surface area contributed by atoms with Crippen molar-refractivity contribution in [3.05, 3.63) is 71.8 Å². The third-order valence-electron chi connectivity index (χ3n) is 7.39. The fourth-order valence-corrected chi connectivity index (χ4v) is 4.95. The summed E-state index contributed by atoms with van der Waals surface area (Å²) in [6.45, 7) is 7.07. The minimum atomic E-state index is 0.231. The van der Waals surface area contributed by atoms with Gasteiger partial charge in [-0.15, -0.1) is 0 Å². The van der Waals surface area contributed by atoms with Gasteiger partial charge in [-0.05, 0) is 54.8 Å². The van der Waals surface area contributed by atoms with Crippen molar-refractivity contribution in [2.75, 3.05) is 63.4 Å². The molecule has 4 rings (SSSR count). The van der Waals surface area contributed by atoms with E-state index in [4.69, 9.17) is 11.1 Å². The minimum absolute atomic E-state index is 0.231. The molecule has 0 unspecified atom stereocenters. The Morgan fingerprint density at radius 3 is 2.34 bits per heavy atom. The van der Waals surface area contributed by atoms with Crippen LogP contribution in [0.4, 0.5) is 17.1 Å². The van der Waals surface area contributed by atoms with E-state index in [0.717, 1.165) is 75.1 Å². The summed E-state index contributed by atoms with van der Waals surface area (Å²) in [7, 11) is 4.98. The number of amides is 1. The first kappa shape index (κ1) is 38.4. The van der Waals surface area contributed by atoms with E-state index in [-0.39, 0.29) is 5.91 Å². The molecule has 0 aliphatic carbocycles. The fraction of sp³-hybridized carbons (Fsp3) is 0.417. The summed E-state index contributed by atoms with van der Waals surface area (Å²) in [6, 6.07) is 13.8. The molecule has 4 N–H and O–H groups in total. The van der Waals surface area contributed by atoms with Crippen molar-refractivity contribution in [2.45, 2.75) is 52.4 Å². The van der Waals surface area contributed by atoms with Crippen LogP contribution in [0.2, 0.25) is 0 Å². The zero-order valence-corrected chi connectivity index (χ0v) is 28.6. The van der Waals surface area contributed by atoms with E-state index >= 15 is 0 Å².